The number of benzene rings is 3. The Morgan fingerprint density at radius 3 is 2.27 bits per heavy atom. The fourth-order valence-electron chi connectivity index (χ4n) is 3.73. The van der Waals surface area contributed by atoms with Gasteiger partial charge in [0.2, 0.25) is 5.91 Å². The zero-order valence-corrected chi connectivity index (χ0v) is 19.8. The number of rotatable bonds is 9. The molecule has 1 atom stereocenters. The average molecular weight is 457 g/mol. The smallest absolute Gasteiger partial charge is 0.227 e. The van der Waals surface area contributed by atoms with Crippen LogP contribution in [0.4, 0.5) is 0 Å². The van der Waals surface area contributed by atoms with Crippen molar-refractivity contribution in [3.63, 3.8) is 0 Å². The first-order valence-corrected chi connectivity index (χ1v) is 12.1. The van der Waals surface area contributed by atoms with Gasteiger partial charge in [0, 0.05) is 11.4 Å². The van der Waals surface area contributed by atoms with Crippen molar-refractivity contribution in [1.29, 1.82) is 0 Å². The van der Waals surface area contributed by atoms with Crippen molar-refractivity contribution in [1.82, 2.24) is 20.1 Å². The number of hydrogen-bond acceptors (Lipinski definition) is 4. The van der Waals surface area contributed by atoms with Gasteiger partial charge in [0.1, 0.15) is 0 Å². The fraction of sp³-hybridized carbons (Fsp3) is 0.222. The van der Waals surface area contributed by atoms with Gasteiger partial charge in [-0.1, -0.05) is 97.0 Å². The highest BCUT2D eigenvalue weighted by Gasteiger charge is 2.20. The first-order valence-electron chi connectivity index (χ1n) is 11.2. The lowest BCUT2D eigenvalue weighted by atomic mass is 9.96. The van der Waals surface area contributed by atoms with E-state index in [1.54, 1.807) is 11.8 Å². The van der Waals surface area contributed by atoms with E-state index in [-0.39, 0.29) is 11.8 Å². The standard InChI is InChI=1S/C27H28N4OS/c1-3-24(22-12-8-5-9-13-22)26(32)28-18-25-29-30-27(33-19-21-10-6-4-7-11-21)31(25)23-16-14-20(2)15-17-23/h4-17,24H,3,18-19H2,1-2H3,(H,28,32). The summed E-state index contributed by atoms with van der Waals surface area (Å²) in [4.78, 5) is 13.0. The molecule has 1 N–H and O–H groups in total. The number of amides is 1. The highest BCUT2D eigenvalue weighted by Crippen LogP contribution is 2.26. The van der Waals surface area contributed by atoms with Crippen LogP contribution in [0, 0.1) is 6.92 Å². The molecule has 4 rings (SSSR count). The Hall–Kier alpha value is -3.38. The minimum atomic E-state index is -0.186. The predicted molar refractivity (Wildman–Crippen MR) is 133 cm³/mol. The van der Waals surface area contributed by atoms with Crippen LogP contribution in [0.1, 0.15) is 41.8 Å². The number of hydrogen-bond donors (Lipinski definition) is 1. The molecule has 5 nitrogen and oxygen atoms in total. The van der Waals surface area contributed by atoms with Crippen molar-refractivity contribution >= 4 is 17.7 Å². The molecule has 4 aromatic rings. The number of aryl methyl sites for hydroxylation is 1. The number of nitrogens with one attached hydrogen (secondary N) is 1. The van der Waals surface area contributed by atoms with E-state index in [0.717, 1.165) is 28.6 Å². The zero-order valence-electron chi connectivity index (χ0n) is 18.9. The minimum Gasteiger partial charge on any atom is -0.348 e. The SMILES string of the molecule is CCC(C(=O)NCc1nnc(SCc2ccccc2)n1-c1ccc(C)cc1)c1ccccc1. The van der Waals surface area contributed by atoms with Crippen LogP contribution < -0.4 is 5.32 Å². The maximum Gasteiger partial charge on any atom is 0.227 e. The summed E-state index contributed by atoms with van der Waals surface area (Å²) in [5.74, 6) is 1.32. The third-order valence-electron chi connectivity index (χ3n) is 5.55. The van der Waals surface area contributed by atoms with E-state index < -0.39 is 0 Å². The quantitative estimate of drug-likeness (QED) is 0.329. The van der Waals surface area contributed by atoms with Gasteiger partial charge in [0.15, 0.2) is 11.0 Å². The van der Waals surface area contributed by atoms with E-state index >= 15 is 0 Å². The van der Waals surface area contributed by atoms with E-state index in [1.807, 2.05) is 60.0 Å². The molecule has 0 saturated carbocycles. The molecule has 0 saturated heterocycles. The Labute approximate surface area is 199 Å². The first kappa shape index (κ1) is 22.8. The maximum atomic E-state index is 13.0. The van der Waals surface area contributed by atoms with Crippen LogP contribution in [0.5, 0.6) is 0 Å². The molecule has 168 valence electrons. The highest BCUT2D eigenvalue weighted by atomic mass is 32.2. The molecular weight excluding hydrogens is 428 g/mol. The van der Waals surface area contributed by atoms with Crippen molar-refractivity contribution in [3.05, 3.63) is 107 Å². The van der Waals surface area contributed by atoms with E-state index in [2.05, 4.69) is 58.8 Å². The van der Waals surface area contributed by atoms with Crippen LogP contribution >= 0.6 is 11.8 Å². The Morgan fingerprint density at radius 2 is 1.61 bits per heavy atom. The Morgan fingerprint density at radius 1 is 0.939 bits per heavy atom. The van der Waals surface area contributed by atoms with Gasteiger partial charge < -0.3 is 5.32 Å². The van der Waals surface area contributed by atoms with Crippen molar-refractivity contribution in [2.75, 3.05) is 0 Å². The largest absolute Gasteiger partial charge is 0.348 e. The summed E-state index contributed by atoms with van der Waals surface area (Å²) >= 11 is 1.64. The van der Waals surface area contributed by atoms with Crippen LogP contribution in [-0.2, 0) is 17.1 Å². The Balaban J connectivity index is 1.55. The lowest BCUT2D eigenvalue weighted by molar-refractivity contribution is -0.122. The molecule has 0 aliphatic heterocycles. The van der Waals surface area contributed by atoms with Gasteiger partial charge in [-0.2, -0.15) is 0 Å². The Kier molecular flexibility index (Phi) is 7.58. The first-order chi connectivity index (χ1) is 16.2. The molecule has 1 amide bonds. The summed E-state index contributed by atoms with van der Waals surface area (Å²) in [6.45, 7) is 4.41. The lowest BCUT2D eigenvalue weighted by Gasteiger charge is -2.16. The summed E-state index contributed by atoms with van der Waals surface area (Å²) in [7, 11) is 0. The Bertz CT molecular complexity index is 1170. The molecule has 0 aliphatic rings. The topological polar surface area (TPSA) is 59.8 Å². The molecule has 6 heteroatoms. The number of nitrogens with zero attached hydrogens (tertiary/aromatic N) is 3. The number of thioether (sulfide) groups is 1. The van der Waals surface area contributed by atoms with Gasteiger partial charge in [-0.05, 0) is 36.6 Å². The third-order valence-corrected chi connectivity index (χ3v) is 6.55. The summed E-state index contributed by atoms with van der Waals surface area (Å²) in [5.41, 5.74) is 4.43. The van der Waals surface area contributed by atoms with Crippen LogP contribution in [0.3, 0.4) is 0 Å². The molecule has 0 aliphatic carbocycles. The minimum absolute atomic E-state index is 0.000597. The number of carbonyl (C=O) groups is 1. The molecule has 0 bridgehead atoms. The number of carbonyl (C=O) groups excluding carboxylic acids is 1. The van der Waals surface area contributed by atoms with Gasteiger partial charge >= 0.3 is 0 Å². The second-order valence-corrected chi connectivity index (χ2v) is 8.88. The fourth-order valence-corrected chi connectivity index (χ4v) is 4.66. The summed E-state index contributed by atoms with van der Waals surface area (Å²) in [5, 5.41) is 12.8. The van der Waals surface area contributed by atoms with Gasteiger partial charge in [-0.3, -0.25) is 9.36 Å². The molecule has 1 unspecified atom stereocenters. The van der Waals surface area contributed by atoms with E-state index in [1.165, 1.54) is 11.1 Å². The molecular formula is C27H28N4OS. The van der Waals surface area contributed by atoms with Crippen molar-refractivity contribution < 1.29 is 4.79 Å². The molecule has 1 aromatic heterocycles. The van der Waals surface area contributed by atoms with E-state index in [0.29, 0.717) is 12.4 Å². The second kappa shape index (κ2) is 11.0. The van der Waals surface area contributed by atoms with Gasteiger partial charge in [-0.25, -0.2) is 0 Å². The summed E-state index contributed by atoms with van der Waals surface area (Å²) in [6.07, 6.45) is 0.735. The van der Waals surface area contributed by atoms with E-state index in [9.17, 15) is 4.79 Å². The summed E-state index contributed by atoms with van der Waals surface area (Å²) in [6, 6.07) is 28.5. The van der Waals surface area contributed by atoms with Crippen LogP contribution in [0.2, 0.25) is 0 Å². The van der Waals surface area contributed by atoms with Crippen molar-refractivity contribution in [3.8, 4) is 5.69 Å². The molecule has 0 fully saturated rings. The maximum absolute atomic E-state index is 13.0. The monoisotopic (exact) mass is 456 g/mol. The molecule has 0 spiro atoms. The third kappa shape index (κ3) is 5.71. The zero-order chi connectivity index (χ0) is 23.0. The predicted octanol–water partition coefficient (Wildman–Crippen LogP) is 5.68. The molecule has 0 radical (unpaired) electrons. The van der Waals surface area contributed by atoms with Gasteiger partial charge in [-0.15, -0.1) is 10.2 Å². The van der Waals surface area contributed by atoms with E-state index in [4.69, 9.17) is 0 Å². The van der Waals surface area contributed by atoms with Crippen LogP contribution in [0.15, 0.2) is 90.1 Å². The van der Waals surface area contributed by atoms with Crippen LogP contribution in [0.25, 0.3) is 5.69 Å². The normalized spacial score (nSPS) is 11.8. The van der Waals surface area contributed by atoms with Gasteiger partial charge in [0.25, 0.3) is 0 Å². The van der Waals surface area contributed by atoms with Gasteiger partial charge in [0.05, 0.1) is 12.5 Å². The summed E-state index contributed by atoms with van der Waals surface area (Å²) < 4.78 is 2.04. The number of aromatic nitrogens is 3. The highest BCUT2D eigenvalue weighted by molar-refractivity contribution is 7.98. The molecule has 1 heterocycles. The second-order valence-electron chi connectivity index (χ2n) is 7.93. The molecule has 33 heavy (non-hydrogen) atoms. The molecule has 3 aromatic carbocycles. The van der Waals surface area contributed by atoms with Crippen molar-refractivity contribution in [2.45, 2.75) is 43.6 Å². The lowest BCUT2D eigenvalue weighted by Crippen LogP contribution is -2.29. The van der Waals surface area contributed by atoms with Crippen molar-refractivity contribution in [2.24, 2.45) is 0 Å². The van der Waals surface area contributed by atoms with Crippen LogP contribution in [-0.4, -0.2) is 20.7 Å². The average Bonchev–Trinajstić information content (AvgIpc) is 3.26.